The number of nitrogens with one attached hydrogen (secondary N) is 1. The smallest absolute Gasteiger partial charge is 0.121 e. The molecule has 2 atom stereocenters. The van der Waals surface area contributed by atoms with Crippen molar-refractivity contribution < 1.29 is 9.47 Å². The van der Waals surface area contributed by atoms with E-state index in [9.17, 15) is 0 Å². The van der Waals surface area contributed by atoms with Gasteiger partial charge < -0.3 is 14.8 Å². The Bertz CT molecular complexity index is 407. The molecule has 4 heteroatoms. The van der Waals surface area contributed by atoms with E-state index in [2.05, 4.69) is 19.2 Å². The van der Waals surface area contributed by atoms with E-state index in [0.717, 1.165) is 38.3 Å². The minimum absolute atomic E-state index is 0.108. The summed E-state index contributed by atoms with van der Waals surface area (Å²) >= 11 is 6.01. The van der Waals surface area contributed by atoms with Crippen LogP contribution in [-0.4, -0.2) is 31.9 Å². The van der Waals surface area contributed by atoms with E-state index in [1.54, 1.807) is 0 Å². The van der Waals surface area contributed by atoms with Crippen molar-refractivity contribution in [3.05, 3.63) is 29.3 Å². The summed E-state index contributed by atoms with van der Waals surface area (Å²) in [6.45, 7) is 6.93. The lowest BCUT2D eigenvalue weighted by Gasteiger charge is -2.34. The Kier molecular flexibility index (Phi) is 6.14. The van der Waals surface area contributed by atoms with Crippen molar-refractivity contribution in [2.45, 2.75) is 38.8 Å². The van der Waals surface area contributed by atoms with Crippen LogP contribution in [0.2, 0.25) is 5.02 Å². The highest BCUT2D eigenvalue weighted by Crippen LogP contribution is 2.25. The van der Waals surface area contributed by atoms with Crippen LogP contribution in [0.15, 0.2) is 24.3 Å². The highest BCUT2D eigenvalue weighted by atomic mass is 35.5. The molecule has 1 fully saturated rings. The molecule has 1 heterocycles. The first kappa shape index (κ1) is 15.6. The van der Waals surface area contributed by atoms with Gasteiger partial charge in [-0.05, 0) is 50.4 Å². The molecule has 2 rings (SSSR count). The molecule has 1 aromatic rings. The maximum absolute atomic E-state index is 6.08. The number of ether oxygens (including phenoxy) is 2. The second kappa shape index (κ2) is 7.87. The Hall–Kier alpha value is -0.770. The number of likely N-dealkylation sites (N-methyl/N-ethyl adjacent to an activating group) is 1. The molecule has 1 aliphatic heterocycles. The molecule has 0 bridgehead atoms. The molecule has 0 amide bonds. The maximum atomic E-state index is 6.08. The maximum Gasteiger partial charge on any atom is 0.121 e. The molecule has 1 aliphatic rings. The Morgan fingerprint density at radius 3 is 2.80 bits per heavy atom. The van der Waals surface area contributed by atoms with Crippen LogP contribution in [0.25, 0.3) is 0 Å². The van der Waals surface area contributed by atoms with Crippen molar-refractivity contribution in [3.8, 4) is 5.75 Å². The van der Waals surface area contributed by atoms with Crippen LogP contribution >= 0.6 is 11.6 Å². The van der Waals surface area contributed by atoms with Gasteiger partial charge in [0.05, 0.1) is 0 Å². The summed E-state index contributed by atoms with van der Waals surface area (Å²) < 4.78 is 11.5. The normalized spacial score (nSPS) is 19.6. The predicted molar refractivity (Wildman–Crippen MR) is 82.5 cm³/mol. The van der Waals surface area contributed by atoms with Crippen LogP contribution in [0, 0.1) is 5.92 Å². The Morgan fingerprint density at radius 2 is 2.15 bits per heavy atom. The molecule has 0 aromatic heterocycles. The Morgan fingerprint density at radius 1 is 1.40 bits per heavy atom. The third kappa shape index (κ3) is 4.37. The molecule has 0 aliphatic carbocycles. The molecule has 1 N–H and O–H groups in total. The fourth-order valence-electron chi connectivity index (χ4n) is 2.85. The monoisotopic (exact) mass is 297 g/mol. The second-order valence-corrected chi connectivity index (χ2v) is 5.75. The molecule has 0 spiro atoms. The van der Waals surface area contributed by atoms with E-state index < -0.39 is 0 Å². The largest absolute Gasteiger partial charge is 0.489 e. The van der Waals surface area contributed by atoms with Crippen molar-refractivity contribution in [1.82, 2.24) is 5.32 Å². The summed E-state index contributed by atoms with van der Waals surface area (Å²) in [5, 5.41) is 4.28. The quantitative estimate of drug-likeness (QED) is 0.871. The minimum Gasteiger partial charge on any atom is -0.489 e. The van der Waals surface area contributed by atoms with Gasteiger partial charge in [-0.15, -0.1) is 0 Å². The van der Waals surface area contributed by atoms with Gasteiger partial charge in [0.25, 0.3) is 0 Å². The third-order valence-electron chi connectivity index (χ3n) is 3.84. The fourth-order valence-corrected chi connectivity index (χ4v) is 3.04. The number of hydrogen-bond acceptors (Lipinski definition) is 3. The SMILES string of the molecule is CCNC(C1CCOCC1)C(C)Oc1cccc(Cl)c1. The van der Waals surface area contributed by atoms with E-state index in [1.807, 2.05) is 24.3 Å². The molecule has 0 saturated carbocycles. The van der Waals surface area contributed by atoms with E-state index >= 15 is 0 Å². The van der Waals surface area contributed by atoms with Gasteiger partial charge >= 0.3 is 0 Å². The van der Waals surface area contributed by atoms with Crippen LogP contribution in [0.1, 0.15) is 26.7 Å². The van der Waals surface area contributed by atoms with Gasteiger partial charge in [0.15, 0.2) is 0 Å². The first-order valence-corrected chi connectivity index (χ1v) is 7.82. The van der Waals surface area contributed by atoms with Gasteiger partial charge in [0.1, 0.15) is 11.9 Å². The van der Waals surface area contributed by atoms with Crippen molar-refractivity contribution in [2.24, 2.45) is 5.92 Å². The van der Waals surface area contributed by atoms with Crippen molar-refractivity contribution >= 4 is 11.6 Å². The third-order valence-corrected chi connectivity index (χ3v) is 4.07. The summed E-state index contributed by atoms with van der Waals surface area (Å²) in [6.07, 6.45) is 2.30. The van der Waals surface area contributed by atoms with Crippen LogP contribution in [-0.2, 0) is 4.74 Å². The summed E-state index contributed by atoms with van der Waals surface area (Å²) in [6, 6.07) is 7.95. The molecule has 0 radical (unpaired) electrons. The molecule has 112 valence electrons. The molecular formula is C16H24ClNO2. The Labute approximate surface area is 126 Å². The van der Waals surface area contributed by atoms with E-state index in [-0.39, 0.29) is 6.10 Å². The van der Waals surface area contributed by atoms with Gasteiger partial charge in [0.2, 0.25) is 0 Å². The van der Waals surface area contributed by atoms with Gasteiger partial charge in [-0.2, -0.15) is 0 Å². The zero-order valence-corrected chi connectivity index (χ0v) is 13.0. The van der Waals surface area contributed by atoms with Gasteiger partial charge in [0, 0.05) is 24.3 Å². The lowest BCUT2D eigenvalue weighted by Crippen LogP contribution is -2.48. The summed E-state index contributed by atoms with van der Waals surface area (Å²) in [4.78, 5) is 0. The lowest BCUT2D eigenvalue weighted by atomic mass is 9.88. The molecule has 1 saturated heterocycles. The molecule has 3 nitrogen and oxygen atoms in total. The first-order valence-electron chi connectivity index (χ1n) is 7.44. The van der Waals surface area contributed by atoms with Crippen LogP contribution < -0.4 is 10.1 Å². The Balaban J connectivity index is 2.00. The average Bonchev–Trinajstić information content (AvgIpc) is 2.45. The van der Waals surface area contributed by atoms with Crippen molar-refractivity contribution in [3.63, 3.8) is 0 Å². The highest BCUT2D eigenvalue weighted by molar-refractivity contribution is 6.30. The van der Waals surface area contributed by atoms with E-state index in [1.165, 1.54) is 0 Å². The predicted octanol–water partition coefficient (Wildman–Crippen LogP) is 3.51. The zero-order valence-electron chi connectivity index (χ0n) is 12.3. The summed E-state index contributed by atoms with van der Waals surface area (Å²) in [5.74, 6) is 1.44. The minimum atomic E-state index is 0.108. The van der Waals surface area contributed by atoms with Crippen LogP contribution in [0.3, 0.4) is 0 Å². The highest BCUT2D eigenvalue weighted by Gasteiger charge is 2.29. The van der Waals surface area contributed by atoms with E-state index in [0.29, 0.717) is 17.0 Å². The lowest BCUT2D eigenvalue weighted by molar-refractivity contribution is 0.0321. The molecule has 1 aromatic carbocycles. The van der Waals surface area contributed by atoms with Gasteiger partial charge in [-0.1, -0.05) is 24.6 Å². The summed E-state index contributed by atoms with van der Waals surface area (Å²) in [7, 11) is 0. The van der Waals surface area contributed by atoms with Crippen LogP contribution in [0.4, 0.5) is 0 Å². The van der Waals surface area contributed by atoms with Gasteiger partial charge in [-0.25, -0.2) is 0 Å². The van der Waals surface area contributed by atoms with Crippen LogP contribution in [0.5, 0.6) is 5.75 Å². The number of rotatable bonds is 6. The molecule has 20 heavy (non-hydrogen) atoms. The average molecular weight is 298 g/mol. The topological polar surface area (TPSA) is 30.5 Å². The number of halogens is 1. The second-order valence-electron chi connectivity index (χ2n) is 5.31. The zero-order chi connectivity index (χ0) is 14.4. The first-order chi connectivity index (χ1) is 9.70. The molecule has 2 unspecified atom stereocenters. The summed E-state index contributed by atoms with van der Waals surface area (Å²) in [5.41, 5.74) is 0. The number of benzene rings is 1. The van der Waals surface area contributed by atoms with Gasteiger partial charge in [-0.3, -0.25) is 0 Å². The standard InChI is InChI=1S/C16H24ClNO2/c1-3-18-16(13-7-9-19-10-8-13)12(2)20-15-6-4-5-14(17)11-15/h4-6,11-13,16,18H,3,7-10H2,1-2H3. The molecular weight excluding hydrogens is 274 g/mol. The number of hydrogen-bond donors (Lipinski definition) is 1. The van der Waals surface area contributed by atoms with E-state index in [4.69, 9.17) is 21.1 Å². The fraction of sp³-hybridized carbons (Fsp3) is 0.625. The van der Waals surface area contributed by atoms with Crippen molar-refractivity contribution in [1.29, 1.82) is 0 Å². The van der Waals surface area contributed by atoms with Crippen molar-refractivity contribution in [2.75, 3.05) is 19.8 Å².